The van der Waals surface area contributed by atoms with Gasteiger partial charge in [-0.25, -0.2) is 4.39 Å². The smallest absolute Gasteiger partial charge is 0.305 e. The maximum atomic E-state index is 12.7. The molecule has 0 heterocycles. The van der Waals surface area contributed by atoms with Gasteiger partial charge < -0.3 is 15.1 Å². The second-order valence-electron chi connectivity index (χ2n) is 4.08. The van der Waals surface area contributed by atoms with Crippen molar-refractivity contribution in [2.75, 3.05) is 19.7 Å². The van der Waals surface area contributed by atoms with E-state index in [0.29, 0.717) is 5.56 Å². The van der Waals surface area contributed by atoms with Crippen molar-refractivity contribution in [2.24, 2.45) is 0 Å². The summed E-state index contributed by atoms with van der Waals surface area (Å²) in [5.74, 6) is -1.77. The number of carbonyl (C=O) groups excluding carboxylic acids is 1. The molecule has 20 heavy (non-hydrogen) atoms. The summed E-state index contributed by atoms with van der Waals surface area (Å²) >= 11 is 0. The van der Waals surface area contributed by atoms with E-state index in [-0.39, 0.29) is 31.9 Å². The number of amides is 1. The van der Waals surface area contributed by atoms with Crippen molar-refractivity contribution in [1.29, 1.82) is 0 Å². The third kappa shape index (κ3) is 5.62. The quantitative estimate of drug-likeness (QED) is 0.735. The summed E-state index contributed by atoms with van der Waals surface area (Å²) in [5, 5.41) is 17.5. The number of halogens is 1. The molecule has 1 aromatic rings. The summed E-state index contributed by atoms with van der Waals surface area (Å²) in [6.07, 6.45) is 2.59. The number of aliphatic hydroxyl groups is 1. The second-order valence-corrected chi connectivity index (χ2v) is 4.08. The van der Waals surface area contributed by atoms with Crippen LogP contribution in [0.1, 0.15) is 12.0 Å². The summed E-state index contributed by atoms with van der Waals surface area (Å²) in [6, 6.07) is 5.60. The molecule has 5 nitrogen and oxygen atoms in total. The van der Waals surface area contributed by atoms with Crippen molar-refractivity contribution in [3.63, 3.8) is 0 Å². The Morgan fingerprint density at radius 2 is 1.85 bits per heavy atom. The van der Waals surface area contributed by atoms with Crippen LogP contribution in [-0.4, -0.2) is 46.7 Å². The van der Waals surface area contributed by atoms with Gasteiger partial charge >= 0.3 is 5.97 Å². The third-order valence-electron chi connectivity index (χ3n) is 2.57. The molecule has 108 valence electrons. The molecule has 0 radical (unpaired) electrons. The van der Waals surface area contributed by atoms with Crippen LogP contribution in [0.4, 0.5) is 4.39 Å². The van der Waals surface area contributed by atoms with Gasteiger partial charge in [0, 0.05) is 19.2 Å². The number of carbonyl (C=O) groups is 2. The lowest BCUT2D eigenvalue weighted by Crippen LogP contribution is -2.34. The highest BCUT2D eigenvalue weighted by Gasteiger charge is 2.11. The number of hydrogen-bond donors (Lipinski definition) is 2. The molecule has 0 aliphatic rings. The maximum absolute atomic E-state index is 12.7. The van der Waals surface area contributed by atoms with Gasteiger partial charge in [0.05, 0.1) is 13.0 Å². The molecule has 1 aromatic carbocycles. The van der Waals surface area contributed by atoms with Gasteiger partial charge in [-0.15, -0.1) is 0 Å². The molecule has 0 unspecified atom stereocenters. The Kier molecular flexibility index (Phi) is 6.39. The van der Waals surface area contributed by atoms with Gasteiger partial charge in [0.2, 0.25) is 5.91 Å². The Morgan fingerprint density at radius 3 is 2.40 bits per heavy atom. The highest BCUT2D eigenvalue weighted by Crippen LogP contribution is 2.05. The SMILES string of the molecule is O=C(O)CCN(CCO)C(=O)/C=C/c1ccc(F)cc1. The van der Waals surface area contributed by atoms with E-state index >= 15 is 0 Å². The van der Waals surface area contributed by atoms with E-state index in [0.717, 1.165) is 0 Å². The minimum atomic E-state index is -1.01. The summed E-state index contributed by atoms with van der Waals surface area (Å²) in [4.78, 5) is 23.6. The van der Waals surface area contributed by atoms with Gasteiger partial charge in [0.1, 0.15) is 5.82 Å². The fourth-order valence-corrected chi connectivity index (χ4v) is 1.53. The molecule has 0 aromatic heterocycles. The first-order valence-corrected chi connectivity index (χ1v) is 6.08. The summed E-state index contributed by atoms with van der Waals surface area (Å²) in [6.45, 7) is -0.141. The van der Waals surface area contributed by atoms with E-state index in [9.17, 15) is 14.0 Å². The number of aliphatic hydroxyl groups excluding tert-OH is 1. The van der Waals surface area contributed by atoms with Gasteiger partial charge in [0.15, 0.2) is 0 Å². The van der Waals surface area contributed by atoms with E-state index in [4.69, 9.17) is 10.2 Å². The maximum Gasteiger partial charge on any atom is 0.305 e. The van der Waals surface area contributed by atoms with E-state index in [2.05, 4.69) is 0 Å². The van der Waals surface area contributed by atoms with Gasteiger partial charge in [-0.1, -0.05) is 12.1 Å². The lowest BCUT2D eigenvalue weighted by Gasteiger charge is -2.18. The van der Waals surface area contributed by atoms with Crippen LogP contribution in [-0.2, 0) is 9.59 Å². The molecule has 0 spiro atoms. The van der Waals surface area contributed by atoms with Crippen LogP contribution in [0.25, 0.3) is 6.08 Å². The van der Waals surface area contributed by atoms with Crippen molar-refractivity contribution in [1.82, 2.24) is 4.90 Å². The molecule has 0 saturated carbocycles. The van der Waals surface area contributed by atoms with Crippen LogP contribution in [0.3, 0.4) is 0 Å². The van der Waals surface area contributed by atoms with Crippen LogP contribution in [0.5, 0.6) is 0 Å². The lowest BCUT2D eigenvalue weighted by molar-refractivity contribution is -0.138. The van der Waals surface area contributed by atoms with Crippen molar-refractivity contribution >= 4 is 18.0 Å². The molecular weight excluding hydrogens is 265 g/mol. The Labute approximate surface area is 115 Å². The molecule has 0 aliphatic heterocycles. The van der Waals surface area contributed by atoms with E-state index < -0.39 is 11.9 Å². The highest BCUT2D eigenvalue weighted by atomic mass is 19.1. The number of aliphatic carboxylic acids is 1. The number of benzene rings is 1. The molecule has 0 aliphatic carbocycles. The Bertz CT molecular complexity index is 484. The number of carboxylic acid groups (broad SMARTS) is 1. The number of nitrogens with zero attached hydrogens (tertiary/aromatic N) is 1. The Balaban J connectivity index is 2.64. The van der Waals surface area contributed by atoms with Crippen molar-refractivity contribution in [3.8, 4) is 0 Å². The molecular formula is C14H16FNO4. The zero-order valence-electron chi connectivity index (χ0n) is 10.8. The first-order valence-electron chi connectivity index (χ1n) is 6.08. The molecule has 0 atom stereocenters. The third-order valence-corrected chi connectivity index (χ3v) is 2.57. The molecule has 0 bridgehead atoms. The molecule has 1 amide bonds. The van der Waals surface area contributed by atoms with E-state index in [1.165, 1.54) is 41.3 Å². The monoisotopic (exact) mass is 281 g/mol. The van der Waals surface area contributed by atoms with Crippen LogP contribution in [0.2, 0.25) is 0 Å². The average Bonchev–Trinajstić information content (AvgIpc) is 2.42. The summed E-state index contributed by atoms with van der Waals surface area (Å²) in [5.41, 5.74) is 0.655. The van der Waals surface area contributed by atoms with Crippen molar-refractivity contribution in [2.45, 2.75) is 6.42 Å². The van der Waals surface area contributed by atoms with Crippen LogP contribution in [0, 0.1) is 5.82 Å². The fourth-order valence-electron chi connectivity index (χ4n) is 1.53. The van der Waals surface area contributed by atoms with Gasteiger partial charge in [-0.3, -0.25) is 9.59 Å². The van der Waals surface area contributed by atoms with Crippen molar-refractivity contribution in [3.05, 3.63) is 41.7 Å². The van der Waals surface area contributed by atoms with E-state index in [1.807, 2.05) is 0 Å². The number of hydrogen-bond acceptors (Lipinski definition) is 3. The van der Waals surface area contributed by atoms with Crippen LogP contribution >= 0.6 is 0 Å². The zero-order valence-corrected chi connectivity index (χ0v) is 10.8. The van der Waals surface area contributed by atoms with Gasteiger partial charge in [-0.05, 0) is 23.8 Å². The summed E-state index contributed by atoms with van der Waals surface area (Å²) in [7, 11) is 0. The molecule has 1 rings (SSSR count). The summed E-state index contributed by atoms with van der Waals surface area (Å²) < 4.78 is 12.7. The zero-order chi connectivity index (χ0) is 15.0. The first-order chi connectivity index (χ1) is 9.52. The van der Waals surface area contributed by atoms with E-state index in [1.54, 1.807) is 0 Å². The fraction of sp³-hybridized carbons (Fsp3) is 0.286. The lowest BCUT2D eigenvalue weighted by atomic mass is 10.2. The van der Waals surface area contributed by atoms with Crippen LogP contribution < -0.4 is 0 Å². The minimum Gasteiger partial charge on any atom is -0.481 e. The standard InChI is InChI=1S/C14H16FNO4/c15-12-4-1-11(2-5-12)3-6-13(18)16(9-10-17)8-7-14(19)20/h1-6,17H,7-10H2,(H,19,20)/b6-3+. The molecule has 2 N–H and O–H groups in total. The first kappa shape index (κ1) is 15.8. The molecule has 6 heteroatoms. The normalized spacial score (nSPS) is 10.7. The Hall–Kier alpha value is -2.21. The van der Waals surface area contributed by atoms with Gasteiger partial charge in [0.25, 0.3) is 0 Å². The predicted molar refractivity (Wildman–Crippen MR) is 71.4 cm³/mol. The second kappa shape index (κ2) is 8.06. The predicted octanol–water partition coefficient (Wildman–Crippen LogP) is 1.13. The highest BCUT2D eigenvalue weighted by molar-refractivity contribution is 5.92. The minimum absolute atomic E-state index is 0.0302. The van der Waals surface area contributed by atoms with Gasteiger partial charge in [-0.2, -0.15) is 0 Å². The topological polar surface area (TPSA) is 77.8 Å². The molecule has 0 saturated heterocycles. The van der Waals surface area contributed by atoms with Crippen molar-refractivity contribution < 1.29 is 24.2 Å². The molecule has 0 fully saturated rings. The number of carboxylic acids is 1. The largest absolute Gasteiger partial charge is 0.481 e. The average molecular weight is 281 g/mol. The Morgan fingerprint density at radius 1 is 1.20 bits per heavy atom. The van der Waals surface area contributed by atoms with Crippen LogP contribution in [0.15, 0.2) is 30.3 Å². The number of rotatable bonds is 7.